The van der Waals surface area contributed by atoms with E-state index in [0.717, 1.165) is 0 Å². The van der Waals surface area contributed by atoms with E-state index in [-0.39, 0.29) is 16.0 Å². The summed E-state index contributed by atoms with van der Waals surface area (Å²) in [4.78, 5) is 10.5. The number of para-hydroxylation sites is 1. The van der Waals surface area contributed by atoms with Gasteiger partial charge in [0.15, 0.2) is 0 Å². The van der Waals surface area contributed by atoms with E-state index >= 15 is 0 Å². The molecule has 0 bridgehead atoms. The average molecular weight is 281 g/mol. The van der Waals surface area contributed by atoms with Crippen molar-refractivity contribution in [1.82, 2.24) is 15.0 Å². The third kappa shape index (κ3) is 3.29. The Labute approximate surface area is 115 Å². The molecule has 1 atom stereocenters. The molecule has 1 aromatic carbocycles. The summed E-state index contributed by atoms with van der Waals surface area (Å²) in [5.41, 5.74) is 1.52. The van der Waals surface area contributed by atoms with Gasteiger partial charge in [0, 0.05) is 24.4 Å². The summed E-state index contributed by atoms with van der Waals surface area (Å²) in [5.74, 6) is 0. The first-order valence-corrected chi connectivity index (χ1v) is 6.28. The van der Waals surface area contributed by atoms with Crippen LogP contribution in [0.15, 0.2) is 30.5 Å². The van der Waals surface area contributed by atoms with Crippen molar-refractivity contribution in [2.24, 2.45) is 0 Å². The van der Waals surface area contributed by atoms with E-state index in [4.69, 9.17) is 11.6 Å². The van der Waals surface area contributed by atoms with Gasteiger partial charge in [-0.25, -0.2) is 0 Å². The molecule has 0 saturated carbocycles. The van der Waals surface area contributed by atoms with Crippen molar-refractivity contribution in [3.63, 3.8) is 0 Å². The van der Waals surface area contributed by atoms with Crippen molar-refractivity contribution in [3.8, 4) is 0 Å². The van der Waals surface area contributed by atoms with Gasteiger partial charge in [0.1, 0.15) is 5.69 Å². The van der Waals surface area contributed by atoms with Gasteiger partial charge in [-0.05, 0) is 13.3 Å². The molecule has 100 valence electrons. The Morgan fingerprint density at radius 3 is 2.84 bits per heavy atom. The highest BCUT2D eigenvalue weighted by molar-refractivity contribution is 6.20. The van der Waals surface area contributed by atoms with E-state index in [1.165, 1.54) is 6.07 Å². The van der Waals surface area contributed by atoms with Gasteiger partial charge in [0.25, 0.3) is 5.69 Å². The molecule has 0 N–H and O–H groups in total. The maximum atomic E-state index is 10.9. The van der Waals surface area contributed by atoms with Gasteiger partial charge in [0.05, 0.1) is 10.3 Å². The molecule has 0 saturated heterocycles. The summed E-state index contributed by atoms with van der Waals surface area (Å²) in [6.07, 6.45) is 2.28. The fourth-order valence-corrected chi connectivity index (χ4v) is 1.84. The molecule has 0 aliphatic heterocycles. The third-order valence-corrected chi connectivity index (χ3v) is 2.99. The number of nitrogens with zero attached hydrogens (tertiary/aromatic N) is 4. The Morgan fingerprint density at radius 2 is 2.21 bits per heavy atom. The number of nitro benzene ring substituents is 1. The molecular weight excluding hydrogens is 268 g/mol. The van der Waals surface area contributed by atoms with Crippen molar-refractivity contribution >= 4 is 17.3 Å². The number of aromatic nitrogens is 3. The average Bonchev–Trinajstić information content (AvgIpc) is 2.85. The number of rotatable bonds is 5. The van der Waals surface area contributed by atoms with Gasteiger partial charge < -0.3 is 0 Å². The van der Waals surface area contributed by atoms with Crippen molar-refractivity contribution in [2.75, 3.05) is 0 Å². The normalized spacial score (nSPS) is 12.3. The van der Waals surface area contributed by atoms with Gasteiger partial charge in [0.2, 0.25) is 0 Å². The Hall–Kier alpha value is -1.95. The van der Waals surface area contributed by atoms with Crippen LogP contribution in [0.2, 0.25) is 0 Å². The van der Waals surface area contributed by atoms with Crippen molar-refractivity contribution < 1.29 is 4.92 Å². The summed E-state index contributed by atoms with van der Waals surface area (Å²) in [5, 5.41) is 18.6. The van der Waals surface area contributed by atoms with E-state index in [0.29, 0.717) is 24.2 Å². The van der Waals surface area contributed by atoms with Crippen LogP contribution in [0.4, 0.5) is 5.69 Å². The van der Waals surface area contributed by atoms with E-state index in [1.54, 1.807) is 29.1 Å². The first-order chi connectivity index (χ1) is 9.08. The fourth-order valence-electron chi connectivity index (χ4n) is 1.74. The first kappa shape index (κ1) is 13.5. The molecule has 6 nitrogen and oxygen atoms in total. The lowest BCUT2D eigenvalue weighted by molar-refractivity contribution is -0.385. The fraction of sp³-hybridized carbons (Fsp3) is 0.333. The Morgan fingerprint density at radius 1 is 1.47 bits per heavy atom. The van der Waals surface area contributed by atoms with Gasteiger partial charge >= 0.3 is 0 Å². The molecule has 0 amide bonds. The molecular formula is C12H13ClN4O2. The molecule has 1 heterocycles. The monoisotopic (exact) mass is 280 g/mol. The zero-order valence-electron chi connectivity index (χ0n) is 10.4. The van der Waals surface area contributed by atoms with E-state index in [1.807, 2.05) is 6.92 Å². The maximum absolute atomic E-state index is 10.9. The minimum Gasteiger partial charge on any atom is -0.258 e. The highest BCUT2D eigenvalue weighted by Gasteiger charge is 2.12. The topological polar surface area (TPSA) is 73.8 Å². The summed E-state index contributed by atoms with van der Waals surface area (Å²) in [7, 11) is 0. The van der Waals surface area contributed by atoms with Crippen LogP contribution < -0.4 is 0 Å². The molecule has 1 unspecified atom stereocenters. The largest absolute Gasteiger partial charge is 0.272 e. The van der Waals surface area contributed by atoms with Crippen molar-refractivity contribution in [2.45, 2.75) is 25.3 Å². The second kappa shape index (κ2) is 5.79. The molecule has 0 fully saturated rings. The van der Waals surface area contributed by atoms with Crippen LogP contribution in [0.5, 0.6) is 0 Å². The zero-order valence-corrected chi connectivity index (χ0v) is 11.1. The van der Waals surface area contributed by atoms with Gasteiger partial charge in [-0.2, -0.15) is 0 Å². The lowest BCUT2D eigenvalue weighted by Crippen LogP contribution is -2.04. The number of hydrogen-bond donors (Lipinski definition) is 0. The number of nitro groups is 1. The quantitative estimate of drug-likeness (QED) is 0.479. The molecule has 1 aromatic heterocycles. The second-order valence-electron chi connectivity index (χ2n) is 4.16. The summed E-state index contributed by atoms with van der Waals surface area (Å²) in [6.45, 7) is 2.35. The minimum absolute atomic E-state index is 0.133. The summed E-state index contributed by atoms with van der Waals surface area (Å²) < 4.78 is 1.64. The van der Waals surface area contributed by atoms with Crippen LogP contribution >= 0.6 is 11.6 Å². The number of alkyl halides is 1. The van der Waals surface area contributed by atoms with Crippen molar-refractivity contribution in [3.05, 3.63) is 51.8 Å². The number of aryl methyl sites for hydroxylation is 2. The second-order valence-corrected chi connectivity index (χ2v) is 4.81. The Kier molecular flexibility index (Phi) is 4.11. The Balaban J connectivity index is 2.08. The van der Waals surface area contributed by atoms with E-state index < -0.39 is 0 Å². The highest BCUT2D eigenvalue weighted by Crippen LogP contribution is 2.19. The predicted molar refractivity (Wildman–Crippen MR) is 71.1 cm³/mol. The van der Waals surface area contributed by atoms with E-state index in [9.17, 15) is 10.1 Å². The molecule has 2 rings (SSSR count). The first-order valence-electron chi connectivity index (χ1n) is 5.84. The molecule has 0 radical (unpaired) electrons. The van der Waals surface area contributed by atoms with Crippen LogP contribution in [0.1, 0.15) is 23.6 Å². The number of halogens is 1. The molecule has 0 aliphatic carbocycles. The molecule has 0 aliphatic rings. The summed E-state index contributed by atoms with van der Waals surface area (Å²) >= 11 is 5.90. The number of benzene rings is 1. The molecule has 0 spiro atoms. The van der Waals surface area contributed by atoms with Crippen LogP contribution in [0.3, 0.4) is 0 Å². The maximum Gasteiger partial charge on any atom is 0.272 e. The van der Waals surface area contributed by atoms with Gasteiger partial charge in [-0.1, -0.05) is 23.4 Å². The Bertz CT molecular complexity index is 583. The van der Waals surface area contributed by atoms with Crippen LogP contribution in [-0.2, 0) is 13.0 Å². The predicted octanol–water partition coefficient (Wildman–Crippen LogP) is 2.73. The molecule has 7 heteroatoms. The van der Waals surface area contributed by atoms with Crippen LogP contribution in [0, 0.1) is 10.1 Å². The lowest BCUT2D eigenvalue weighted by atomic mass is 10.1. The minimum atomic E-state index is -0.372. The standard InChI is InChI=1S/C12H13ClN4O2/c1-9(13)11-8-16(15-14-11)7-6-10-4-2-3-5-12(10)17(18)19/h2-5,8-9H,6-7H2,1H3. The number of hydrogen-bond acceptors (Lipinski definition) is 4. The van der Waals surface area contributed by atoms with Crippen LogP contribution in [0.25, 0.3) is 0 Å². The molecule has 19 heavy (non-hydrogen) atoms. The third-order valence-electron chi connectivity index (χ3n) is 2.76. The highest BCUT2D eigenvalue weighted by atomic mass is 35.5. The van der Waals surface area contributed by atoms with Crippen molar-refractivity contribution in [1.29, 1.82) is 0 Å². The molecule has 2 aromatic rings. The van der Waals surface area contributed by atoms with Crippen LogP contribution in [-0.4, -0.2) is 19.9 Å². The summed E-state index contributed by atoms with van der Waals surface area (Å²) in [6, 6.07) is 6.70. The van der Waals surface area contributed by atoms with Gasteiger partial charge in [-0.3, -0.25) is 14.8 Å². The SMILES string of the molecule is CC(Cl)c1cn(CCc2ccccc2[N+](=O)[O-])nn1. The lowest BCUT2D eigenvalue weighted by Gasteiger charge is -2.02. The van der Waals surface area contributed by atoms with Gasteiger partial charge in [-0.15, -0.1) is 16.7 Å². The van der Waals surface area contributed by atoms with E-state index in [2.05, 4.69) is 10.3 Å². The smallest absolute Gasteiger partial charge is 0.258 e. The zero-order chi connectivity index (χ0) is 13.8.